The Balaban J connectivity index is 2.32. The summed E-state index contributed by atoms with van der Waals surface area (Å²) in [5, 5.41) is 0.351. The van der Waals surface area contributed by atoms with Crippen molar-refractivity contribution >= 4 is 25.7 Å². The number of hydroxylamine groups is 1. The van der Waals surface area contributed by atoms with E-state index in [0.29, 0.717) is 17.5 Å². The van der Waals surface area contributed by atoms with Gasteiger partial charge in [-0.1, -0.05) is 225 Å². The van der Waals surface area contributed by atoms with Gasteiger partial charge in [-0.05, 0) is 38.0 Å². The van der Waals surface area contributed by atoms with E-state index in [4.69, 9.17) is 13.4 Å². The molecule has 0 amide bonds. The minimum Gasteiger partial charge on any atom is -0.373 e. The van der Waals surface area contributed by atoms with Crippen molar-refractivity contribution in [1.29, 1.82) is 0 Å². The van der Waals surface area contributed by atoms with Crippen molar-refractivity contribution in [2.75, 3.05) is 25.5 Å². The van der Waals surface area contributed by atoms with Gasteiger partial charge in [0.1, 0.15) is 0 Å². The third kappa shape index (κ3) is 33.9. The van der Waals surface area contributed by atoms with Crippen molar-refractivity contribution in [2.24, 2.45) is 5.92 Å². The van der Waals surface area contributed by atoms with Crippen LogP contribution in [0.5, 0.6) is 0 Å². The summed E-state index contributed by atoms with van der Waals surface area (Å²) in [6.07, 6.45) is 47.0. The molecule has 2 atom stereocenters. The van der Waals surface area contributed by atoms with Crippen LogP contribution in [0.3, 0.4) is 0 Å². The summed E-state index contributed by atoms with van der Waals surface area (Å²) in [6.45, 7) is 9.21. The molecule has 0 spiro atoms. The van der Waals surface area contributed by atoms with Crippen molar-refractivity contribution in [3.05, 3.63) is 0 Å². The van der Waals surface area contributed by atoms with E-state index in [9.17, 15) is 4.79 Å². The average molecular weight is 784 g/mol. The lowest BCUT2D eigenvalue weighted by Gasteiger charge is -2.33. The number of thioether (sulfide) groups is 1. The molecule has 1 saturated heterocycles. The third-order valence-corrected chi connectivity index (χ3v) is 15.1. The molecule has 5 nitrogen and oxygen atoms in total. The molecule has 0 aromatic carbocycles. The minimum absolute atomic E-state index is 0.351. The van der Waals surface area contributed by atoms with Crippen LogP contribution in [0.1, 0.15) is 252 Å². The first kappa shape index (κ1) is 51.1. The summed E-state index contributed by atoms with van der Waals surface area (Å²) < 4.78 is 19.6. The quantitative estimate of drug-likeness (QED) is 0.0493. The maximum Gasteiger partial charge on any atom is 0.517 e. The van der Waals surface area contributed by atoms with Gasteiger partial charge in [-0.2, -0.15) is 0 Å². The highest BCUT2D eigenvalue weighted by atomic mass is 32.2. The number of unbranched alkanes of at least 4 members (excludes halogenated alkanes) is 29. The molecule has 316 valence electrons. The fourth-order valence-electron chi connectivity index (χ4n) is 7.69. The minimum atomic E-state index is -2.82. The molecule has 0 saturated carbocycles. The molecule has 1 aliphatic heterocycles. The summed E-state index contributed by atoms with van der Waals surface area (Å²) in [6, 6.07) is 0.791. The molecule has 0 radical (unpaired) electrons. The van der Waals surface area contributed by atoms with Gasteiger partial charge in [0.25, 0.3) is 0 Å². The molecule has 1 fully saturated rings. The van der Waals surface area contributed by atoms with Crippen LogP contribution in [0.2, 0.25) is 6.04 Å². The number of hydrogen-bond donors (Lipinski definition) is 1. The van der Waals surface area contributed by atoms with E-state index in [1.165, 1.54) is 211 Å². The largest absolute Gasteiger partial charge is 0.517 e. The zero-order chi connectivity index (χ0) is 38.2. The van der Waals surface area contributed by atoms with Crippen LogP contribution in [-0.2, 0) is 18.2 Å². The number of carbonyl (C=O) groups excluding carboxylic acids is 1. The first-order chi connectivity index (χ1) is 26.2. The zero-order valence-corrected chi connectivity index (χ0v) is 37.9. The second kappa shape index (κ2) is 40.3. The second-order valence-electron chi connectivity index (χ2n) is 16.6. The molecular weight excluding hydrogens is 691 g/mol. The Labute approximate surface area is 337 Å². The van der Waals surface area contributed by atoms with Crippen LogP contribution < -0.4 is 5.48 Å². The van der Waals surface area contributed by atoms with Crippen LogP contribution in [-0.4, -0.2) is 39.4 Å². The number of rotatable bonds is 40. The fourth-order valence-corrected chi connectivity index (χ4v) is 11.1. The molecule has 2 unspecified atom stereocenters. The molecule has 0 aromatic heterocycles. The Hall–Kier alpha value is 0.0769. The smallest absolute Gasteiger partial charge is 0.373 e. The normalized spacial score (nSPS) is 18.0. The Bertz CT molecular complexity index is 749. The molecule has 53 heavy (non-hydrogen) atoms. The SMILES string of the molecule is CCCCCCCCCCCCCCCC1CCO[Si](CCCSC(=O)CCCCCCCCCCC)(OCCCCCCCCCCCC)ONC1. The van der Waals surface area contributed by atoms with Crippen LogP contribution in [0.25, 0.3) is 0 Å². The van der Waals surface area contributed by atoms with Crippen molar-refractivity contribution in [3.8, 4) is 0 Å². The number of carbonyl (C=O) groups is 1. The Morgan fingerprint density at radius 1 is 0.585 bits per heavy atom. The molecular formula is C46H93NO4SSi. The van der Waals surface area contributed by atoms with Crippen LogP contribution >= 0.6 is 11.8 Å². The van der Waals surface area contributed by atoms with Gasteiger partial charge in [-0.3, -0.25) is 9.32 Å². The maximum absolute atomic E-state index is 12.6. The van der Waals surface area contributed by atoms with Crippen molar-refractivity contribution < 1.29 is 18.2 Å². The van der Waals surface area contributed by atoms with E-state index in [1.54, 1.807) is 0 Å². The highest BCUT2D eigenvalue weighted by molar-refractivity contribution is 8.13. The van der Waals surface area contributed by atoms with E-state index in [2.05, 4.69) is 26.3 Å². The van der Waals surface area contributed by atoms with Crippen molar-refractivity contribution in [1.82, 2.24) is 5.48 Å². The van der Waals surface area contributed by atoms with Gasteiger partial charge in [-0.25, -0.2) is 5.48 Å². The monoisotopic (exact) mass is 784 g/mol. The lowest BCUT2D eigenvalue weighted by Crippen LogP contribution is -2.52. The summed E-state index contributed by atoms with van der Waals surface area (Å²) in [5.74, 6) is 1.44. The van der Waals surface area contributed by atoms with Gasteiger partial charge in [0.2, 0.25) is 0 Å². The number of hydrogen-bond acceptors (Lipinski definition) is 6. The molecule has 1 rings (SSSR count). The van der Waals surface area contributed by atoms with Gasteiger partial charge >= 0.3 is 8.80 Å². The Kier molecular flexibility index (Phi) is 38.8. The highest BCUT2D eigenvalue weighted by Gasteiger charge is 2.42. The molecule has 0 aliphatic carbocycles. The van der Waals surface area contributed by atoms with Gasteiger partial charge in [-0.15, -0.1) is 0 Å². The molecule has 0 bridgehead atoms. The highest BCUT2D eigenvalue weighted by Crippen LogP contribution is 2.25. The Morgan fingerprint density at radius 2 is 1.02 bits per heavy atom. The predicted molar refractivity (Wildman–Crippen MR) is 236 cm³/mol. The zero-order valence-electron chi connectivity index (χ0n) is 36.1. The van der Waals surface area contributed by atoms with E-state index < -0.39 is 8.80 Å². The van der Waals surface area contributed by atoms with Crippen LogP contribution in [0.4, 0.5) is 0 Å². The van der Waals surface area contributed by atoms with Crippen LogP contribution in [0, 0.1) is 5.92 Å². The van der Waals surface area contributed by atoms with Crippen LogP contribution in [0.15, 0.2) is 0 Å². The third-order valence-electron chi connectivity index (χ3n) is 11.4. The van der Waals surface area contributed by atoms with E-state index in [-0.39, 0.29) is 0 Å². The molecule has 1 aliphatic rings. The lowest BCUT2D eigenvalue weighted by atomic mass is 9.97. The van der Waals surface area contributed by atoms with Gasteiger partial charge < -0.3 is 8.85 Å². The second-order valence-corrected chi connectivity index (χ2v) is 20.4. The van der Waals surface area contributed by atoms with Crippen molar-refractivity contribution in [2.45, 2.75) is 258 Å². The standard InChI is InChI=1S/C46H93NO4SSi/c1-4-7-10-13-16-19-21-22-23-25-27-30-33-37-45-39-41-50-53(51-47-44-45,49-40-35-32-29-26-20-17-14-11-8-5-2)43-36-42-52-46(48)38-34-31-28-24-18-15-12-9-6-3/h45,47H,4-44H2,1-3H3. The summed E-state index contributed by atoms with van der Waals surface area (Å²) in [4.78, 5) is 12.6. The van der Waals surface area contributed by atoms with E-state index in [0.717, 1.165) is 57.2 Å². The Morgan fingerprint density at radius 3 is 1.51 bits per heavy atom. The van der Waals surface area contributed by atoms with Gasteiger partial charge in [0, 0.05) is 38.0 Å². The molecule has 0 aromatic rings. The van der Waals surface area contributed by atoms with Gasteiger partial charge in [0.15, 0.2) is 5.12 Å². The summed E-state index contributed by atoms with van der Waals surface area (Å²) in [5.41, 5.74) is 3.36. The first-order valence-corrected chi connectivity index (χ1v) is 26.9. The van der Waals surface area contributed by atoms with E-state index >= 15 is 0 Å². The summed E-state index contributed by atoms with van der Waals surface area (Å²) in [7, 11) is -2.82. The van der Waals surface area contributed by atoms with Gasteiger partial charge in [0.05, 0.1) is 0 Å². The maximum atomic E-state index is 12.6. The first-order valence-electron chi connectivity index (χ1n) is 24.0. The summed E-state index contributed by atoms with van der Waals surface area (Å²) >= 11 is 1.51. The number of nitrogens with one attached hydrogen (secondary N) is 1. The van der Waals surface area contributed by atoms with Crippen molar-refractivity contribution in [3.63, 3.8) is 0 Å². The molecule has 1 heterocycles. The fraction of sp³-hybridized carbons (Fsp3) is 0.978. The average Bonchev–Trinajstić information content (AvgIpc) is 3.15. The predicted octanol–water partition coefficient (Wildman–Crippen LogP) is 15.5. The molecule has 1 N–H and O–H groups in total. The lowest BCUT2D eigenvalue weighted by molar-refractivity contribution is -0.111. The topological polar surface area (TPSA) is 56.8 Å². The van der Waals surface area contributed by atoms with E-state index in [1.807, 2.05) is 0 Å². The molecule has 7 heteroatoms.